The number of carbonyl (C=O) groups is 3. The van der Waals surface area contributed by atoms with Crippen LogP contribution < -0.4 is 16.6 Å². The summed E-state index contributed by atoms with van der Waals surface area (Å²) in [5, 5.41) is 0. The number of hydrogen-bond acceptors (Lipinski definition) is 4. The van der Waals surface area contributed by atoms with E-state index in [4.69, 9.17) is 10.7 Å². The highest BCUT2D eigenvalue weighted by atomic mass is 16.2. The topological polar surface area (TPSA) is 117 Å². The van der Waals surface area contributed by atoms with Crippen LogP contribution in [0.5, 0.6) is 0 Å². The van der Waals surface area contributed by atoms with E-state index >= 15 is 0 Å². The average Bonchev–Trinajstić information content (AvgIpc) is 3.42. The number of amidine groups is 1. The van der Waals surface area contributed by atoms with E-state index in [0.29, 0.717) is 12.1 Å². The summed E-state index contributed by atoms with van der Waals surface area (Å²) in [5.74, 6) is 0.603. The normalized spacial score (nSPS) is 16.6. The van der Waals surface area contributed by atoms with E-state index in [-0.39, 0.29) is 5.91 Å². The van der Waals surface area contributed by atoms with Crippen LogP contribution in [0.1, 0.15) is 67.8 Å². The van der Waals surface area contributed by atoms with Crippen LogP contribution >= 0.6 is 0 Å². The van der Waals surface area contributed by atoms with Gasteiger partial charge in [0.2, 0.25) is 0 Å². The van der Waals surface area contributed by atoms with Gasteiger partial charge in [0.25, 0.3) is 11.8 Å². The number of benzene rings is 2. The number of nitrogens with one attached hydrogen (secondary N) is 2. The number of amides is 4. The van der Waals surface area contributed by atoms with Crippen molar-refractivity contribution >= 4 is 23.7 Å². The lowest BCUT2D eigenvalue weighted by atomic mass is 9.97. The maximum Gasteiger partial charge on any atom is 0.330 e. The number of hydrogen-bond donors (Lipinski definition) is 3. The van der Waals surface area contributed by atoms with Gasteiger partial charge in [-0.3, -0.25) is 24.9 Å². The maximum absolute atomic E-state index is 13.4. The molecule has 8 nitrogen and oxygen atoms in total. The molecule has 1 heterocycles. The van der Waals surface area contributed by atoms with Gasteiger partial charge >= 0.3 is 6.03 Å². The van der Waals surface area contributed by atoms with Crippen molar-refractivity contribution < 1.29 is 14.4 Å². The highest BCUT2D eigenvalue weighted by Crippen LogP contribution is 2.40. The molecule has 34 heavy (non-hydrogen) atoms. The Hall–Kier alpha value is -3.68. The summed E-state index contributed by atoms with van der Waals surface area (Å²) in [6.07, 6.45) is 6.71. The zero-order valence-electron chi connectivity index (χ0n) is 19.5. The van der Waals surface area contributed by atoms with Crippen molar-refractivity contribution in [3.63, 3.8) is 0 Å². The van der Waals surface area contributed by atoms with Gasteiger partial charge in [-0.25, -0.2) is 10.2 Å². The Morgan fingerprint density at radius 3 is 2.44 bits per heavy atom. The molecule has 2 aliphatic rings. The van der Waals surface area contributed by atoms with Crippen LogP contribution in [0.4, 0.5) is 4.79 Å². The fraction of sp³-hybridized carbons (Fsp3) is 0.385. The first-order chi connectivity index (χ1) is 16.4. The van der Waals surface area contributed by atoms with Gasteiger partial charge in [0, 0.05) is 12.0 Å². The second-order valence-electron chi connectivity index (χ2n) is 8.95. The maximum atomic E-state index is 13.4. The van der Waals surface area contributed by atoms with Gasteiger partial charge in [-0.15, -0.1) is 0 Å². The Morgan fingerprint density at radius 1 is 1.06 bits per heavy atom. The van der Waals surface area contributed by atoms with Gasteiger partial charge in [-0.05, 0) is 42.0 Å². The summed E-state index contributed by atoms with van der Waals surface area (Å²) in [5.41, 5.74) is 11.9. The van der Waals surface area contributed by atoms with E-state index in [9.17, 15) is 14.4 Å². The molecule has 0 saturated heterocycles. The second-order valence-corrected chi connectivity index (χ2v) is 8.95. The minimum absolute atomic E-state index is 0.143. The first kappa shape index (κ1) is 23.5. The quantitative estimate of drug-likeness (QED) is 0.543. The van der Waals surface area contributed by atoms with Crippen LogP contribution in [-0.2, 0) is 11.3 Å². The molecular formula is C26H31N5O3. The Morgan fingerprint density at radius 2 is 1.76 bits per heavy atom. The second kappa shape index (κ2) is 10.1. The van der Waals surface area contributed by atoms with E-state index in [1.54, 1.807) is 12.1 Å². The highest BCUT2D eigenvalue weighted by Gasteiger charge is 2.49. The van der Waals surface area contributed by atoms with Crippen LogP contribution in [0.25, 0.3) is 11.1 Å². The number of nitrogens with zero attached hydrogens (tertiary/aromatic N) is 2. The van der Waals surface area contributed by atoms with E-state index in [0.717, 1.165) is 67.5 Å². The summed E-state index contributed by atoms with van der Waals surface area (Å²) in [7, 11) is 0. The summed E-state index contributed by atoms with van der Waals surface area (Å²) >= 11 is 0. The van der Waals surface area contributed by atoms with Gasteiger partial charge in [0.05, 0.1) is 6.54 Å². The largest absolute Gasteiger partial charge is 0.350 e. The Balaban J connectivity index is 1.52. The standard InChI is InChI=1S/C26H31N5O3/c1-2-3-10-22-28-26(15-6-7-16-26)24(33)31(22)17-18-11-13-19(14-12-18)20-8-4-5-9-21(20)23(32)29-30-25(27)34/h4-5,8-9,11-14H,2-3,6-7,10,15-17H2,1H3,(H,29,32)(H3,27,30,34). The van der Waals surface area contributed by atoms with Crippen molar-refractivity contribution in [3.05, 3.63) is 59.7 Å². The van der Waals surface area contributed by atoms with Crippen LogP contribution in [0.2, 0.25) is 0 Å². The molecule has 0 unspecified atom stereocenters. The number of unbranched alkanes of at least 4 members (excludes halogenated alkanes) is 1. The number of rotatable bonds is 7. The molecule has 1 aliphatic carbocycles. The lowest BCUT2D eigenvalue weighted by Gasteiger charge is -2.23. The molecular weight excluding hydrogens is 430 g/mol. The fourth-order valence-corrected chi connectivity index (χ4v) is 4.79. The van der Waals surface area contributed by atoms with Gasteiger partial charge in [0.15, 0.2) is 0 Å². The molecule has 0 radical (unpaired) electrons. The number of carbonyl (C=O) groups excluding carboxylic acids is 3. The van der Waals surface area contributed by atoms with Gasteiger partial charge in [-0.1, -0.05) is 68.7 Å². The zero-order valence-corrected chi connectivity index (χ0v) is 19.5. The molecule has 1 aliphatic heterocycles. The van der Waals surface area contributed by atoms with Crippen LogP contribution in [0, 0.1) is 0 Å². The molecule has 4 N–H and O–H groups in total. The molecule has 0 bridgehead atoms. The lowest BCUT2D eigenvalue weighted by Crippen LogP contribution is -2.44. The van der Waals surface area contributed by atoms with E-state index in [1.165, 1.54) is 0 Å². The SMILES string of the molecule is CCCCC1=NC2(CCCC2)C(=O)N1Cc1ccc(-c2ccccc2C(=O)NNC(N)=O)cc1. The third-order valence-corrected chi connectivity index (χ3v) is 6.56. The van der Waals surface area contributed by atoms with Crippen molar-refractivity contribution in [2.75, 3.05) is 0 Å². The molecule has 0 atom stereocenters. The Kier molecular flexibility index (Phi) is 6.95. The Labute approximate surface area is 199 Å². The van der Waals surface area contributed by atoms with E-state index in [2.05, 4.69) is 17.8 Å². The predicted octanol–water partition coefficient (Wildman–Crippen LogP) is 3.91. The molecule has 178 valence electrons. The smallest absolute Gasteiger partial charge is 0.330 e. The zero-order chi connectivity index (χ0) is 24.1. The fourth-order valence-electron chi connectivity index (χ4n) is 4.79. The summed E-state index contributed by atoms with van der Waals surface area (Å²) < 4.78 is 0. The van der Waals surface area contributed by atoms with Gasteiger partial charge in [0.1, 0.15) is 11.4 Å². The monoisotopic (exact) mass is 461 g/mol. The third-order valence-electron chi connectivity index (χ3n) is 6.56. The van der Waals surface area contributed by atoms with Crippen LogP contribution in [-0.4, -0.2) is 34.1 Å². The molecule has 4 rings (SSSR count). The first-order valence-electron chi connectivity index (χ1n) is 11.9. The molecule has 1 saturated carbocycles. The number of primary amides is 1. The van der Waals surface area contributed by atoms with Crippen molar-refractivity contribution in [2.24, 2.45) is 10.7 Å². The minimum atomic E-state index is -0.840. The summed E-state index contributed by atoms with van der Waals surface area (Å²) in [6, 6.07) is 14.1. The predicted molar refractivity (Wildman–Crippen MR) is 131 cm³/mol. The number of aliphatic imine (C=N–C) groups is 1. The van der Waals surface area contributed by atoms with Gasteiger partial charge < -0.3 is 5.73 Å². The first-order valence-corrected chi connectivity index (χ1v) is 11.9. The minimum Gasteiger partial charge on any atom is -0.350 e. The Bertz CT molecular complexity index is 1100. The molecule has 2 aromatic rings. The average molecular weight is 462 g/mol. The third kappa shape index (κ3) is 4.81. The van der Waals surface area contributed by atoms with Crippen LogP contribution in [0.3, 0.4) is 0 Å². The van der Waals surface area contributed by atoms with E-state index < -0.39 is 17.5 Å². The molecule has 8 heteroatoms. The highest BCUT2D eigenvalue weighted by molar-refractivity contribution is 6.08. The summed E-state index contributed by atoms with van der Waals surface area (Å²) in [6.45, 7) is 2.64. The van der Waals surface area contributed by atoms with Crippen molar-refractivity contribution in [1.82, 2.24) is 15.8 Å². The van der Waals surface area contributed by atoms with Crippen molar-refractivity contribution in [1.29, 1.82) is 0 Å². The number of nitrogens with two attached hydrogens (primary N) is 1. The molecule has 1 spiro atoms. The van der Waals surface area contributed by atoms with Crippen molar-refractivity contribution in [3.8, 4) is 11.1 Å². The lowest BCUT2D eigenvalue weighted by molar-refractivity contribution is -0.131. The number of urea groups is 1. The van der Waals surface area contributed by atoms with Crippen molar-refractivity contribution in [2.45, 2.75) is 64.0 Å². The molecule has 1 fully saturated rings. The van der Waals surface area contributed by atoms with Crippen LogP contribution in [0.15, 0.2) is 53.5 Å². The molecule has 0 aromatic heterocycles. The number of hydrazine groups is 1. The summed E-state index contributed by atoms with van der Waals surface area (Å²) in [4.78, 5) is 43.6. The van der Waals surface area contributed by atoms with Gasteiger partial charge in [-0.2, -0.15) is 0 Å². The van der Waals surface area contributed by atoms with E-state index in [1.807, 2.05) is 41.3 Å². The molecule has 2 aromatic carbocycles. The molecule has 4 amide bonds.